The Morgan fingerprint density at radius 3 is 2.70 bits per heavy atom. The van der Waals surface area contributed by atoms with Crippen molar-refractivity contribution in [3.05, 3.63) is 6.20 Å². The second-order valence-corrected chi connectivity index (χ2v) is 5.43. The molecule has 0 bridgehead atoms. The Morgan fingerprint density at radius 2 is 2.05 bits per heavy atom. The number of piperidine rings is 1. The third-order valence-corrected chi connectivity index (χ3v) is 4.01. The third kappa shape index (κ3) is 2.29. The van der Waals surface area contributed by atoms with E-state index in [1.807, 2.05) is 13.2 Å². The van der Waals surface area contributed by atoms with Crippen molar-refractivity contribution >= 4 is 22.8 Å². The molecule has 0 amide bonds. The van der Waals surface area contributed by atoms with Crippen LogP contribution in [0.1, 0.15) is 12.8 Å². The van der Waals surface area contributed by atoms with Gasteiger partial charge in [-0.1, -0.05) is 0 Å². The maximum absolute atomic E-state index is 4.62. The van der Waals surface area contributed by atoms with Crippen LogP contribution in [0.5, 0.6) is 0 Å². The Hall–Kier alpha value is -1.89. The van der Waals surface area contributed by atoms with E-state index in [1.165, 1.54) is 0 Å². The normalized spacial score (nSPS) is 17.1. The van der Waals surface area contributed by atoms with Gasteiger partial charge in [0, 0.05) is 26.2 Å². The Kier molecular flexibility index (Phi) is 3.43. The van der Waals surface area contributed by atoms with Crippen LogP contribution in [-0.2, 0) is 0 Å². The summed E-state index contributed by atoms with van der Waals surface area (Å²) in [4.78, 5) is 13.6. The molecule has 7 heteroatoms. The molecule has 0 aliphatic carbocycles. The van der Waals surface area contributed by atoms with Crippen LogP contribution in [0.3, 0.4) is 0 Å². The smallest absolute Gasteiger partial charge is 0.226 e. The molecule has 2 aromatic heterocycles. The fraction of sp³-hybridized carbons (Fsp3) is 0.615. The molecule has 3 rings (SSSR count). The molecule has 0 saturated carbocycles. The summed E-state index contributed by atoms with van der Waals surface area (Å²) in [5.41, 5.74) is 0.786. The minimum atomic E-state index is 0.631. The van der Waals surface area contributed by atoms with E-state index in [1.54, 1.807) is 0 Å². The molecule has 0 spiro atoms. The zero-order chi connectivity index (χ0) is 14.1. The van der Waals surface area contributed by atoms with Gasteiger partial charge >= 0.3 is 0 Å². The average Bonchev–Trinajstić information content (AvgIpc) is 2.94. The Balaban J connectivity index is 1.88. The van der Waals surface area contributed by atoms with Gasteiger partial charge < -0.3 is 15.1 Å². The topological polar surface area (TPSA) is 73.0 Å². The van der Waals surface area contributed by atoms with Crippen molar-refractivity contribution in [2.24, 2.45) is 0 Å². The lowest BCUT2D eigenvalue weighted by Gasteiger charge is -2.36. The van der Waals surface area contributed by atoms with Crippen LogP contribution >= 0.6 is 0 Å². The summed E-state index contributed by atoms with van der Waals surface area (Å²) in [5.74, 6) is 1.61. The summed E-state index contributed by atoms with van der Waals surface area (Å²) in [7, 11) is 6.14. The number of hydrogen-bond acceptors (Lipinski definition) is 6. The third-order valence-electron chi connectivity index (χ3n) is 4.01. The van der Waals surface area contributed by atoms with Crippen LogP contribution in [0.4, 0.5) is 11.8 Å². The predicted molar refractivity (Wildman–Crippen MR) is 80.2 cm³/mol. The largest absolute Gasteiger partial charge is 0.357 e. The number of H-pyrrole nitrogens is 1. The fourth-order valence-electron chi connectivity index (χ4n) is 2.77. The maximum atomic E-state index is 4.62. The highest BCUT2D eigenvalue weighted by Gasteiger charge is 2.23. The fourth-order valence-corrected chi connectivity index (χ4v) is 2.77. The van der Waals surface area contributed by atoms with Gasteiger partial charge in [0.2, 0.25) is 5.95 Å². The zero-order valence-electron chi connectivity index (χ0n) is 12.2. The van der Waals surface area contributed by atoms with E-state index in [0.29, 0.717) is 12.0 Å². The van der Waals surface area contributed by atoms with E-state index in [2.05, 4.69) is 49.4 Å². The van der Waals surface area contributed by atoms with Gasteiger partial charge in [0.15, 0.2) is 5.65 Å². The van der Waals surface area contributed by atoms with Crippen molar-refractivity contribution in [3.8, 4) is 0 Å². The van der Waals surface area contributed by atoms with E-state index in [0.717, 1.165) is 42.8 Å². The number of aromatic nitrogens is 4. The van der Waals surface area contributed by atoms with Gasteiger partial charge in [-0.15, -0.1) is 0 Å². The number of hydrogen-bond donors (Lipinski definition) is 2. The van der Waals surface area contributed by atoms with Crippen LogP contribution in [0, 0.1) is 0 Å². The lowest BCUT2D eigenvalue weighted by molar-refractivity contribution is 0.249. The van der Waals surface area contributed by atoms with Crippen LogP contribution in [0.2, 0.25) is 0 Å². The van der Waals surface area contributed by atoms with Gasteiger partial charge in [0.1, 0.15) is 5.82 Å². The molecule has 108 valence electrons. The van der Waals surface area contributed by atoms with E-state index in [4.69, 9.17) is 0 Å². The highest BCUT2D eigenvalue weighted by atomic mass is 15.3. The van der Waals surface area contributed by atoms with E-state index < -0.39 is 0 Å². The van der Waals surface area contributed by atoms with Crippen molar-refractivity contribution in [1.29, 1.82) is 0 Å². The molecule has 0 radical (unpaired) electrons. The Bertz CT molecular complexity index is 583. The van der Waals surface area contributed by atoms with Gasteiger partial charge in [-0.25, -0.2) is 0 Å². The predicted octanol–water partition coefficient (Wildman–Crippen LogP) is 0.925. The molecule has 1 aliphatic rings. The van der Waals surface area contributed by atoms with Crippen LogP contribution in [-0.4, -0.2) is 65.3 Å². The molecule has 1 aliphatic heterocycles. The quantitative estimate of drug-likeness (QED) is 0.868. The highest BCUT2D eigenvalue weighted by molar-refractivity contribution is 5.87. The van der Waals surface area contributed by atoms with Gasteiger partial charge in [-0.2, -0.15) is 15.1 Å². The summed E-state index contributed by atoms with van der Waals surface area (Å²) >= 11 is 0. The first kappa shape index (κ1) is 13.1. The standard InChI is InChI=1S/C13H21N7/c1-14-13-16-11-10(8-15-18-11)12(17-13)20-6-4-9(5-7-20)19(2)3/h8-9H,4-7H2,1-3H3,(H2,14,15,16,17,18). The van der Waals surface area contributed by atoms with E-state index in [9.17, 15) is 0 Å². The Morgan fingerprint density at radius 1 is 1.30 bits per heavy atom. The van der Waals surface area contributed by atoms with Gasteiger partial charge in [-0.3, -0.25) is 5.10 Å². The van der Waals surface area contributed by atoms with Crippen molar-refractivity contribution in [2.45, 2.75) is 18.9 Å². The minimum Gasteiger partial charge on any atom is -0.357 e. The monoisotopic (exact) mass is 275 g/mol. The molecular formula is C13H21N7. The molecule has 0 unspecified atom stereocenters. The van der Waals surface area contributed by atoms with E-state index in [-0.39, 0.29) is 0 Å². The first-order chi connectivity index (χ1) is 9.69. The molecule has 2 aromatic rings. The molecule has 2 N–H and O–H groups in total. The molecule has 0 atom stereocenters. The Labute approximate surface area is 118 Å². The maximum Gasteiger partial charge on any atom is 0.226 e. The number of nitrogens with one attached hydrogen (secondary N) is 2. The number of nitrogens with zero attached hydrogens (tertiary/aromatic N) is 5. The molecular weight excluding hydrogens is 254 g/mol. The van der Waals surface area contributed by atoms with Crippen LogP contribution < -0.4 is 10.2 Å². The molecule has 0 aromatic carbocycles. The first-order valence-corrected chi connectivity index (χ1v) is 6.99. The van der Waals surface area contributed by atoms with Crippen LogP contribution in [0.15, 0.2) is 6.20 Å². The summed E-state index contributed by atoms with van der Waals surface area (Å²) < 4.78 is 0. The molecule has 20 heavy (non-hydrogen) atoms. The van der Waals surface area contributed by atoms with Gasteiger partial charge in [0.05, 0.1) is 11.6 Å². The van der Waals surface area contributed by atoms with Crippen molar-refractivity contribution in [3.63, 3.8) is 0 Å². The second-order valence-electron chi connectivity index (χ2n) is 5.43. The molecule has 1 saturated heterocycles. The molecule has 3 heterocycles. The minimum absolute atomic E-state index is 0.631. The number of aromatic amines is 1. The summed E-state index contributed by atoms with van der Waals surface area (Å²) in [6.07, 6.45) is 4.12. The SMILES string of the molecule is CNc1nc(N2CCC(N(C)C)CC2)c2cn[nH]c2n1. The van der Waals surface area contributed by atoms with E-state index >= 15 is 0 Å². The second kappa shape index (κ2) is 5.24. The molecule has 1 fully saturated rings. The average molecular weight is 275 g/mol. The van der Waals surface area contributed by atoms with Crippen LogP contribution in [0.25, 0.3) is 11.0 Å². The summed E-state index contributed by atoms with van der Waals surface area (Å²) in [6.45, 7) is 2.03. The number of rotatable bonds is 3. The summed E-state index contributed by atoms with van der Waals surface area (Å²) in [6, 6.07) is 0.664. The highest BCUT2D eigenvalue weighted by Crippen LogP contribution is 2.27. The van der Waals surface area contributed by atoms with Crippen molar-refractivity contribution in [1.82, 2.24) is 25.1 Å². The lowest BCUT2D eigenvalue weighted by Crippen LogP contribution is -2.42. The van der Waals surface area contributed by atoms with Crippen molar-refractivity contribution in [2.75, 3.05) is 44.4 Å². The number of fused-ring (bicyclic) bond motifs is 1. The first-order valence-electron chi connectivity index (χ1n) is 6.99. The summed E-state index contributed by atoms with van der Waals surface area (Å²) in [5, 5.41) is 11.0. The van der Waals surface area contributed by atoms with Gasteiger partial charge in [0.25, 0.3) is 0 Å². The van der Waals surface area contributed by atoms with Gasteiger partial charge in [-0.05, 0) is 26.9 Å². The number of anilines is 2. The van der Waals surface area contributed by atoms with Crippen molar-refractivity contribution < 1.29 is 0 Å². The molecule has 7 nitrogen and oxygen atoms in total. The lowest BCUT2D eigenvalue weighted by atomic mass is 10.0. The zero-order valence-corrected chi connectivity index (χ0v) is 12.2.